The first-order valence-corrected chi connectivity index (χ1v) is 7.81. The van der Waals surface area contributed by atoms with Crippen LogP contribution in [0.5, 0.6) is 0 Å². The van der Waals surface area contributed by atoms with E-state index in [9.17, 15) is 4.79 Å². The summed E-state index contributed by atoms with van der Waals surface area (Å²) in [5, 5.41) is 8.03. The SMILES string of the molecule is O=C(c1n[nH]c2ccccc12)N1CCC[C@H](c2cnccn2)C1. The summed E-state index contributed by atoms with van der Waals surface area (Å²) in [6.07, 6.45) is 7.17. The van der Waals surface area contributed by atoms with Gasteiger partial charge in [0.2, 0.25) is 0 Å². The maximum atomic E-state index is 12.9. The fourth-order valence-corrected chi connectivity index (χ4v) is 3.20. The van der Waals surface area contributed by atoms with Crippen LogP contribution in [0.25, 0.3) is 10.9 Å². The van der Waals surface area contributed by atoms with Crippen molar-refractivity contribution in [3.05, 3.63) is 54.2 Å². The number of piperidine rings is 1. The molecule has 23 heavy (non-hydrogen) atoms. The smallest absolute Gasteiger partial charge is 0.275 e. The van der Waals surface area contributed by atoms with Gasteiger partial charge < -0.3 is 4.90 Å². The molecule has 1 saturated heterocycles. The number of nitrogens with one attached hydrogen (secondary N) is 1. The highest BCUT2D eigenvalue weighted by Gasteiger charge is 2.28. The molecular weight excluding hydrogens is 290 g/mol. The van der Waals surface area contributed by atoms with Gasteiger partial charge in [-0.05, 0) is 18.9 Å². The minimum Gasteiger partial charge on any atom is -0.337 e. The molecule has 1 aromatic carbocycles. The molecule has 1 aliphatic rings. The van der Waals surface area contributed by atoms with Crippen LogP contribution in [0.15, 0.2) is 42.9 Å². The molecule has 3 heterocycles. The number of fused-ring (bicyclic) bond motifs is 1. The molecule has 0 unspecified atom stereocenters. The molecule has 0 aliphatic carbocycles. The second-order valence-electron chi connectivity index (χ2n) is 5.84. The molecule has 4 rings (SSSR count). The number of para-hydroxylation sites is 1. The number of benzene rings is 1. The van der Waals surface area contributed by atoms with Crippen LogP contribution in [0.2, 0.25) is 0 Å². The zero-order valence-electron chi connectivity index (χ0n) is 12.6. The predicted octanol–water partition coefficient (Wildman–Crippen LogP) is 2.37. The summed E-state index contributed by atoms with van der Waals surface area (Å²) in [4.78, 5) is 23.3. The normalized spacial score (nSPS) is 18.3. The van der Waals surface area contributed by atoms with Crippen LogP contribution in [-0.2, 0) is 0 Å². The molecule has 1 N–H and O–H groups in total. The van der Waals surface area contributed by atoms with Crippen molar-refractivity contribution >= 4 is 16.8 Å². The van der Waals surface area contributed by atoms with E-state index in [1.807, 2.05) is 29.2 Å². The van der Waals surface area contributed by atoms with Crippen LogP contribution in [0.3, 0.4) is 0 Å². The number of likely N-dealkylation sites (tertiary alicyclic amines) is 1. The van der Waals surface area contributed by atoms with Crippen molar-refractivity contribution in [2.24, 2.45) is 0 Å². The zero-order chi connectivity index (χ0) is 15.6. The number of H-pyrrole nitrogens is 1. The summed E-state index contributed by atoms with van der Waals surface area (Å²) < 4.78 is 0. The van der Waals surface area contributed by atoms with Crippen molar-refractivity contribution in [1.29, 1.82) is 0 Å². The second-order valence-corrected chi connectivity index (χ2v) is 5.84. The maximum Gasteiger partial charge on any atom is 0.275 e. The lowest BCUT2D eigenvalue weighted by atomic mass is 9.94. The lowest BCUT2D eigenvalue weighted by Gasteiger charge is -2.32. The molecule has 1 fully saturated rings. The first-order valence-electron chi connectivity index (χ1n) is 7.81. The van der Waals surface area contributed by atoms with Gasteiger partial charge in [-0.3, -0.25) is 19.9 Å². The number of carbonyl (C=O) groups is 1. The molecule has 2 aromatic heterocycles. The summed E-state index contributed by atoms with van der Waals surface area (Å²) in [5.41, 5.74) is 2.34. The number of aromatic amines is 1. The second kappa shape index (κ2) is 5.79. The molecule has 6 heteroatoms. The minimum atomic E-state index is -0.0176. The Morgan fingerprint density at radius 1 is 1.26 bits per heavy atom. The Kier molecular flexibility index (Phi) is 3.49. The Labute approximate surface area is 133 Å². The van der Waals surface area contributed by atoms with E-state index in [0.717, 1.165) is 36.0 Å². The molecule has 1 amide bonds. The molecule has 0 bridgehead atoms. The van der Waals surface area contributed by atoms with Gasteiger partial charge in [-0.15, -0.1) is 0 Å². The first-order chi connectivity index (χ1) is 11.3. The lowest BCUT2D eigenvalue weighted by molar-refractivity contribution is 0.0701. The third kappa shape index (κ3) is 2.56. The van der Waals surface area contributed by atoms with Crippen LogP contribution in [0, 0.1) is 0 Å². The largest absolute Gasteiger partial charge is 0.337 e. The van der Waals surface area contributed by atoms with Crippen LogP contribution in [0.4, 0.5) is 0 Å². The number of hydrogen-bond donors (Lipinski definition) is 1. The van der Waals surface area contributed by atoms with Gasteiger partial charge in [-0.25, -0.2) is 0 Å². The Bertz CT molecular complexity index is 829. The van der Waals surface area contributed by atoms with E-state index in [4.69, 9.17) is 0 Å². The lowest BCUT2D eigenvalue weighted by Crippen LogP contribution is -2.39. The Morgan fingerprint density at radius 3 is 3.04 bits per heavy atom. The standard InChI is InChI=1S/C17H17N5O/c23-17(16-13-5-1-2-6-14(13)20-21-16)22-9-3-4-12(11-22)15-10-18-7-8-19-15/h1-2,5-8,10,12H,3-4,9,11H2,(H,20,21)/t12-/m0/s1. The minimum absolute atomic E-state index is 0.0176. The highest BCUT2D eigenvalue weighted by Crippen LogP contribution is 2.26. The molecule has 1 atom stereocenters. The highest BCUT2D eigenvalue weighted by molar-refractivity contribution is 6.04. The fraction of sp³-hybridized carbons (Fsp3) is 0.294. The number of hydrogen-bond acceptors (Lipinski definition) is 4. The Morgan fingerprint density at radius 2 is 2.17 bits per heavy atom. The molecule has 0 radical (unpaired) electrons. The average Bonchev–Trinajstić information content (AvgIpc) is 3.06. The highest BCUT2D eigenvalue weighted by atomic mass is 16.2. The van der Waals surface area contributed by atoms with Crippen molar-refractivity contribution in [1.82, 2.24) is 25.1 Å². The number of aromatic nitrogens is 4. The third-order valence-corrected chi connectivity index (χ3v) is 4.38. The van der Waals surface area contributed by atoms with Crippen LogP contribution in [-0.4, -0.2) is 44.1 Å². The summed E-state index contributed by atoms with van der Waals surface area (Å²) in [6, 6.07) is 7.71. The van der Waals surface area contributed by atoms with Crippen molar-refractivity contribution in [2.45, 2.75) is 18.8 Å². The summed E-state index contributed by atoms with van der Waals surface area (Å²) in [7, 11) is 0. The van der Waals surface area contributed by atoms with Gasteiger partial charge in [0, 0.05) is 43.0 Å². The number of amides is 1. The van der Waals surface area contributed by atoms with Gasteiger partial charge in [0.25, 0.3) is 5.91 Å². The summed E-state index contributed by atoms with van der Waals surface area (Å²) in [5.74, 6) is 0.225. The predicted molar refractivity (Wildman–Crippen MR) is 86.0 cm³/mol. The van der Waals surface area contributed by atoms with E-state index >= 15 is 0 Å². The first kappa shape index (κ1) is 13.9. The van der Waals surface area contributed by atoms with Crippen LogP contribution < -0.4 is 0 Å². The summed E-state index contributed by atoms with van der Waals surface area (Å²) >= 11 is 0. The van der Waals surface area contributed by atoms with Crippen molar-refractivity contribution in [2.75, 3.05) is 13.1 Å². The van der Waals surface area contributed by atoms with E-state index < -0.39 is 0 Å². The molecule has 0 spiro atoms. The quantitative estimate of drug-likeness (QED) is 0.788. The van der Waals surface area contributed by atoms with Gasteiger partial charge in [0.15, 0.2) is 5.69 Å². The summed E-state index contributed by atoms with van der Waals surface area (Å²) in [6.45, 7) is 1.43. The van der Waals surface area contributed by atoms with Crippen molar-refractivity contribution < 1.29 is 4.79 Å². The van der Waals surface area contributed by atoms with Crippen LogP contribution >= 0.6 is 0 Å². The Balaban J connectivity index is 1.59. The van der Waals surface area contributed by atoms with Gasteiger partial charge in [-0.2, -0.15) is 5.10 Å². The third-order valence-electron chi connectivity index (χ3n) is 4.38. The van der Waals surface area contributed by atoms with E-state index in [0.29, 0.717) is 12.2 Å². The monoisotopic (exact) mass is 307 g/mol. The molecule has 6 nitrogen and oxygen atoms in total. The van der Waals surface area contributed by atoms with Gasteiger partial charge >= 0.3 is 0 Å². The number of carbonyl (C=O) groups excluding carboxylic acids is 1. The van der Waals surface area contributed by atoms with Crippen molar-refractivity contribution in [3.8, 4) is 0 Å². The van der Waals surface area contributed by atoms with Crippen LogP contribution in [0.1, 0.15) is 34.9 Å². The average molecular weight is 307 g/mol. The number of nitrogens with zero attached hydrogens (tertiary/aromatic N) is 4. The molecule has 3 aromatic rings. The van der Waals surface area contributed by atoms with E-state index in [1.165, 1.54) is 0 Å². The molecule has 0 saturated carbocycles. The molecule has 116 valence electrons. The van der Waals surface area contributed by atoms with E-state index in [1.54, 1.807) is 18.6 Å². The molecular formula is C17H17N5O. The van der Waals surface area contributed by atoms with Gasteiger partial charge in [0.1, 0.15) is 0 Å². The fourth-order valence-electron chi connectivity index (χ4n) is 3.20. The number of rotatable bonds is 2. The topological polar surface area (TPSA) is 74.8 Å². The van der Waals surface area contributed by atoms with E-state index in [2.05, 4.69) is 20.2 Å². The van der Waals surface area contributed by atoms with E-state index in [-0.39, 0.29) is 11.8 Å². The maximum absolute atomic E-state index is 12.9. The zero-order valence-corrected chi connectivity index (χ0v) is 12.6. The molecule has 1 aliphatic heterocycles. The van der Waals surface area contributed by atoms with Gasteiger partial charge in [-0.1, -0.05) is 18.2 Å². The Hall–Kier alpha value is -2.76. The van der Waals surface area contributed by atoms with Crippen molar-refractivity contribution in [3.63, 3.8) is 0 Å². The van der Waals surface area contributed by atoms with Gasteiger partial charge in [0.05, 0.1) is 11.2 Å².